The van der Waals surface area contributed by atoms with Gasteiger partial charge < -0.3 is 62.3 Å². The monoisotopic (exact) mass is 885 g/mol. The fourth-order valence-electron chi connectivity index (χ4n) is 10.3. The molecule has 5 heterocycles. The van der Waals surface area contributed by atoms with Crippen molar-refractivity contribution in [1.29, 1.82) is 0 Å². The lowest BCUT2D eigenvalue weighted by molar-refractivity contribution is -0.321. The van der Waals surface area contributed by atoms with Crippen molar-refractivity contribution in [2.45, 2.75) is 199 Å². The van der Waals surface area contributed by atoms with E-state index in [-0.39, 0.29) is 43.7 Å². The summed E-state index contributed by atoms with van der Waals surface area (Å²) in [5.74, 6) is -3.44. The van der Waals surface area contributed by atoms with Crippen LogP contribution in [0, 0.1) is 17.8 Å². The largest absolute Gasteiger partial charge is 0.459 e. The van der Waals surface area contributed by atoms with E-state index in [0.717, 1.165) is 0 Å². The molecule has 0 saturated carbocycles. The van der Waals surface area contributed by atoms with Crippen molar-refractivity contribution in [2.75, 3.05) is 48.0 Å². The van der Waals surface area contributed by atoms with Gasteiger partial charge in [-0.15, -0.1) is 0 Å². The molecule has 0 aromatic rings. The Bertz CT molecular complexity index is 1530. The number of hydrogen-bond donors (Lipinski definition) is 1. The molecule has 16 heteroatoms. The summed E-state index contributed by atoms with van der Waals surface area (Å²) in [6.07, 6.45) is -6.65. The third-order valence-corrected chi connectivity index (χ3v) is 13.8. The lowest BCUT2D eigenvalue weighted by Crippen LogP contribution is -2.62. The van der Waals surface area contributed by atoms with Crippen LogP contribution in [0.5, 0.6) is 0 Å². The molecule has 5 aliphatic rings. The van der Waals surface area contributed by atoms with Crippen LogP contribution in [-0.2, 0) is 61.8 Å². The van der Waals surface area contributed by atoms with Crippen molar-refractivity contribution in [3.63, 3.8) is 0 Å². The molecule has 1 N–H and O–H groups in total. The first-order chi connectivity index (χ1) is 28.8. The molecule has 0 unspecified atom stereocenters. The molecule has 0 aliphatic carbocycles. The first-order valence-electron chi connectivity index (χ1n) is 22.5. The van der Waals surface area contributed by atoms with E-state index in [9.17, 15) is 19.5 Å². The van der Waals surface area contributed by atoms with Gasteiger partial charge in [-0.1, -0.05) is 27.4 Å². The van der Waals surface area contributed by atoms with Crippen LogP contribution in [0.3, 0.4) is 0 Å². The molecule has 18 atom stereocenters. The molecule has 5 aliphatic heterocycles. The van der Waals surface area contributed by atoms with Gasteiger partial charge >= 0.3 is 17.9 Å². The Morgan fingerprint density at radius 1 is 0.935 bits per heavy atom. The van der Waals surface area contributed by atoms with Crippen molar-refractivity contribution in [2.24, 2.45) is 17.8 Å². The molecular formula is C46H80N2O14. The summed E-state index contributed by atoms with van der Waals surface area (Å²) < 4.78 is 65.1. The van der Waals surface area contributed by atoms with Gasteiger partial charge in [-0.3, -0.25) is 14.4 Å². The standard InChI is InChI=1S/C46H80N2O14/c1-18-35-46(13,52)39-26(3)22-48(16)27(4)20-45(12,55-24-25(2)23-54-39)40(62-43-38(58-32(9)49)34(47(14)15)19-28(5)56-43)29(6)37(30(7)42(51)60-35)61-36-21-44(11,53-17)41(31(8)57-36)59-33(10)50/h26-31,34-41,43,52H,2,18-24H2,1,3-17H3/t26-,27+,28+,29-,30+,31-,34-,35+,36-,37-,38+,39+,40+,41-,43-,44+,45+,46+/m0/s1. The highest BCUT2D eigenvalue weighted by Crippen LogP contribution is 2.42. The molecular weight excluding hydrogens is 805 g/mol. The van der Waals surface area contributed by atoms with Crippen LogP contribution in [0.1, 0.15) is 109 Å². The van der Waals surface area contributed by atoms with Crippen molar-refractivity contribution < 1.29 is 66.9 Å². The number of fused-ring (bicyclic) bond motifs is 15. The molecule has 5 saturated heterocycles. The van der Waals surface area contributed by atoms with E-state index < -0.39 is 102 Å². The number of hydrogen-bond acceptors (Lipinski definition) is 16. The maximum Gasteiger partial charge on any atom is 0.311 e. The molecule has 0 spiro atoms. The lowest BCUT2D eigenvalue weighted by Gasteiger charge is -2.50. The zero-order chi connectivity index (χ0) is 46.6. The number of rotatable bonds is 9. The van der Waals surface area contributed by atoms with Crippen molar-refractivity contribution in [1.82, 2.24) is 9.80 Å². The van der Waals surface area contributed by atoms with Crippen LogP contribution in [0.25, 0.3) is 0 Å². The average Bonchev–Trinajstić information content (AvgIpc) is 3.17. The Morgan fingerprint density at radius 3 is 2.16 bits per heavy atom. The fourth-order valence-corrected chi connectivity index (χ4v) is 10.3. The second kappa shape index (κ2) is 21.4. The van der Waals surface area contributed by atoms with Gasteiger partial charge in [0.2, 0.25) is 0 Å². The van der Waals surface area contributed by atoms with E-state index in [1.165, 1.54) is 13.8 Å². The Labute approximate surface area is 370 Å². The van der Waals surface area contributed by atoms with E-state index in [1.54, 1.807) is 27.9 Å². The number of methoxy groups -OCH3 is 1. The van der Waals surface area contributed by atoms with E-state index in [0.29, 0.717) is 31.4 Å². The quantitative estimate of drug-likeness (QED) is 0.193. The molecule has 0 radical (unpaired) electrons. The van der Waals surface area contributed by atoms with Crippen LogP contribution in [0.15, 0.2) is 12.2 Å². The van der Waals surface area contributed by atoms with Crippen LogP contribution in [0.2, 0.25) is 0 Å². The zero-order valence-electron chi connectivity index (χ0n) is 40.5. The Hall–Kier alpha value is -2.25. The molecule has 0 aromatic heterocycles. The molecule has 358 valence electrons. The number of likely N-dealkylation sites (N-methyl/N-ethyl adjacent to an activating group) is 1. The molecule has 0 aromatic carbocycles. The van der Waals surface area contributed by atoms with E-state index >= 15 is 0 Å². The van der Waals surface area contributed by atoms with Crippen molar-refractivity contribution in [3.05, 3.63) is 12.2 Å². The Balaban J connectivity index is 1.97. The second-order valence-electron chi connectivity index (χ2n) is 19.6. The third kappa shape index (κ3) is 12.1. The van der Waals surface area contributed by atoms with Gasteiger partial charge in [0.1, 0.15) is 17.3 Å². The lowest BCUT2D eigenvalue weighted by atomic mass is 9.78. The van der Waals surface area contributed by atoms with Crippen molar-refractivity contribution >= 4 is 17.9 Å². The molecule has 62 heavy (non-hydrogen) atoms. The van der Waals surface area contributed by atoms with Gasteiger partial charge in [0.25, 0.3) is 0 Å². The summed E-state index contributed by atoms with van der Waals surface area (Å²) in [6, 6.07) is -0.366. The van der Waals surface area contributed by atoms with E-state index in [2.05, 4.69) is 18.4 Å². The first kappa shape index (κ1) is 52.4. The minimum Gasteiger partial charge on any atom is -0.459 e. The molecule has 0 amide bonds. The highest BCUT2D eigenvalue weighted by molar-refractivity contribution is 5.73. The minimum atomic E-state index is -1.61. The zero-order valence-corrected chi connectivity index (χ0v) is 40.5. The predicted octanol–water partition coefficient (Wildman–Crippen LogP) is 4.66. The third-order valence-electron chi connectivity index (χ3n) is 13.8. The van der Waals surface area contributed by atoms with Gasteiger partial charge in [-0.25, -0.2) is 0 Å². The number of ether oxygens (including phenoxy) is 10. The Kier molecular flexibility index (Phi) is 18.1. The maximum atomic E-state index is 14.7. The first-order valence-corrected chi connectivity index (χ1v) is 22.5. The van der Waals surface area contributed by atoms with Crippen LogP contribution in [0.4, 0.5) is 0 Å². The SMILES string of the molecule is C=C1CO[C@@H]2[C@@H](C)CN(C)[C@H](C)C[C@@](C)(OC1)[C@H](O[C@@H]1O[C@H](C)C[C@H](N(C)C)[C@H]1OC(C)=O)[C@@H](C)[C@H](O[C@H]1C[C@@](C)(OC)[C@@H](OC(C)=O)[C@H](C)O1)[C@@H](C)C(=O)O[C@H](CC)[C@@]2(C)O. The molecule has 2 bridgehead atoms. The van der Waals surface area contributed by atoms with Gasteiger partial charge in [0.15, 0.2) is 24.8 Å². The number of esters is 3. The normalized spacial score (nSPS) is 44.6. The molecule has 5 fully saturated rings. The fraction of sp³-hybridized carbons (Fsp3) is 0.891. The minimum absolute atomic E-state index is 0.0824. The summed E-state index contributed by atoms with van der Waals surface area (Å²) in [4.78, 5) is 43.9. The molecule has 16 nitrogen and oxygen atoms in total. The summed E-state index contributed by atoms with van der Waals surface area (Å²) in [5.41, 5.74) is -3.14. The van der Waals surface area contributed by atoms with E-state index in [1.807, 2.05) is 67.6 Å². The summed E-state index contributed by atoms with van der Waals surface area (Å²) in [7, 11) is 7.44. The van der Waals surface area contributed by atoms with Gasteiger partial charge in [-0.2, -0.15) is 0 Å². The highest BCUT2D eigenvalue weighted by Gasteiger charge is 2.55. The summed E-state index contributed by atoms with van der Waals surface area (Å²) in [5, 5.41) is 12.4. The number of aliphatic hydroxyl groups is 1. The van der Waals surface area contributed by atoms with Gasteiger partial charge in [0.05, 0.1) is 61.3 Å². The predicted molar refractivity (Wildman–Crippen MR) is 230 cm³/mol. The van der Waals surface area contributed by atoms with Crippen LogP contribution in [-0.4, -0.2) is 171 Å². The summed E-state index contributed by atoms with van der Waals surface area (Å²) >= 11 is 0. The summed E-state index contributed by atoms with van der Waals surface area (Å²) in [6.45, 7) is 26.7. The topological polar surface area (TPSA) is 170 Å². The maximum absolute atomic E-state index is 14.7. The van der Waals surface area contributed by atoms with Crippen LogP contribution < -0.4 is 0 Å². The number of carbonyl (C=O) groups excluding carboxylic acids is 3. The number of nitrogens with zero attached hydrogens (tertiary/aromatic N) is 2. The highest BCUT2D eigenvalue weighted by atomic mass is 16.7. The van der Waals surface area contributed by atoms with Crippen LogP contribution >= 0.6 is 0 Å². The molecule has 5 rings (SSSR count). The second-order valence-corrected chi connectivity index (χ2v) is 19.6. The van der Waals surface area contributed by atoms with Gasteiger partial charge in [-0.05, 0) is 100 Å². The Morgan fingerprint density at radius 2 is 1.58 bits per heavy atom. The van der Waals surface area contributed by atoms with Crippen molar-refractivity contribution in [3.8, 4) is 0 Å². The average molecular weight is 885 g/mol. The number of carbonyl (C=O) groups is 3. The smallest absolute Gasteiger partial charge is 0.311 e. The van der Waals surface area contributed by atoms with Gasteiger partial charge in [0, 0.05) is 45.9 Å². The van der Waals surface area contributed by atoms with E-state index in [4.69, 9.17) is 47.4 Å².